The lowest BCUT2D eigenvalue weighted by Gasteiger charge is -2.11. The molecule has 29 heavy (non-hydrogen) atoms. The molecule has 0 bridgehead atoms. The van der Waals surface area contributed by atoms with Gasteiger partial charge in [0.1, 0.15) is 5.69 Å². The lowest BCUT2D eigenvalue weighted by molar-refractivity contribution is 0.104. The topological polar surface area (TPSA) is 39.9 Å². The van der Waals surface area contributed by atoms with Crippen molar-refractivity contribution < 1.29 is 4.74 Å². The van der Waals surface area contributed by atoms with Crippen molar-refractivity contribution in [3.05, 3.63) is 99.2 Å². The van der Waals surface area contributed by atoms with Gasteiger partial charge < -0.3 is 4.74 Å². The Balaban J connectivity index is 1.43. The van der Waals surface area contributed by atoms with Crippen LogP contribution in [0, 0.1) is 6.92 Å². The van der Waals surface area contributed by atoms with E-state index in [0.29, 0.717) is 18.2 Å². The molecule has 0 aliphatic heterocycles. The first kappa shape index (κ1) is 19.8. The predicted octanol–water partition coefficient (Wildman–Crippen LogP) is 6.38. The maximum atomic E-state index is 6.00. The molecule has 0 spiro atoms. The van der Waals surface area contributed by atoms with Crippen LogP contribution in [-0.4, -0.2) is 15.0 Å². The molecule has 1 heterocycles. The molecule has 1 aromatic heterocycles. The van der Waals surface area contributed by atoms with Gasteiger partial charge in [0.25, 0.3) is 0 Å². The van der Waals surface area contributed by atoms with Crippen LogP contribution in [0.2, 0.25) is 5.02 Å². The maximum Gasteiger partial charge on any atom is 0.109 e. The third-order valence-electron chi connectivity index (χ3n) is 4.74. The van der Waals surface area contributed by atoms with E-state index in [1.54, 1.807) is 4.68 Å². The summed E-state index contributed by atoms with van der Waals surface area (Å²) in [5, 5.41) is 9.06. The molecule has 0 N–H and O–H groups in total. The quantitative estimate of drug-likeness (QED) is 0.330. The predicted molar refractivity (Wildman–Crippen MR) is 119 cm³/mol. The highest BCUT2D eigenvalue weighted by Crippen LogP contribution is 2.26. The van der Waals surface area contributed by atoms with Crippen LogP contribution in [-0.2, 0) is 18.0 Å². The Bertz CT molecular complexity index is 1130. The molecule has 6 heteroatoms. The van der Waals surface area contributed by atoms with Gasteiger partial charge in [-0.1, -0.05) is 65.3 Å². The van der Waals surface area contributed by atoms with Crippen LogP contribution in [0.25, 0.3) is 16.8 Å². The van der Waals surface area contributed by atoms with E-state index in [4.69, 9.17) is 16.3 Å². The molecule has 0 amide bonds. The summed E-state index contributed by atoms with van der Waals surface area (Å²) < 4.78 is 8.49. The fourth-order valence-corrected chi connectivity index (χ4v) is 4.05. The zero-order valence-electron chi connectivity index (χ0n) is 15.8. The molecule has 4 aromatic rings. The second-order valence-corrected chi connectivity index (χ2v) is 7.99. The van der Waals surface area contributed by atoms with Crippen molar-refractivity contribution in [3.8, 4) is 16.8 Å². The van der Waals surface area contributed by atoms with Crippen molar-refractivity contribution in [3.63, 3.8) is 0 Å². The fourth-order valence-electron chi connectivity index (χ4n) is 3.19. The van der Waals surface area contributed by atoms with Crippen molar-refractivity contribution in [1.82, 2.24) is 15.0 Å². The molecule has 0 aliphatic carbocycles. The van der Waals surface area contributed by atoms with Crippen molar-refractivity contribution in [2.75, 3.05) is 0 Å². The summed E-state index contributed by atoms with van der Waals surface area (Å²) in [5.74, 6) is 0. The van der Waals surface area contributed by atoms with Crippen LogP contribution in [0.1, 0.15) is 16.8 Å². The van der Waals surface area contributed by atoms with Gasteiger partial charge in [0.05, 0.1) is 25.1 Å². The van der Waals surface area contributed by atoms with E-state index in [-0.39, 0.29) is 0 Å². The van der Waals surface area contributed by atoms with Crippen molar-refractivity contribution in [2.45, 2.75) is 20.1 Å². The first-order valence-corrected chi connectivity index (χ1v) is 10.4. The van der Waals surface area contributed by atoms with Crippen LogP contribution in [0.4, 0.5) is 0 Å². The van der Waals surface area contributed by atoms with Gasteiger partial charge in [0.2, 0.25) is 0 Å². The minimum atomic E-state index is 0.389. The average Bonchev–Trinajstić information content (AvgIpc) is 3.18. The van der Waals surface area contributed by atoms with E-state index < -0.39 is 0 Å². The number of rotatable bonds is 6. The lowest BCUT2D eigenvalue weighted by atomic mass is 9.97. The van der Waals surface area contributed by atoms with E-state index >= 15 is 0 Å². The SMILES string of the molecule is Cc1c(COCc2cn(-c3ccc(Cl)cc3Br)nn2)cccc1-c1ccccc1. The second-order valence-electron chi connectivity index (χ2n) is 6.70. The Morgan fingerprint density at radius 2 is 1.83 bits per heavy atom. The molecule has 4 nitrogen and oxygen atoms in total. The molecule has 0 unspecified atom stereocenters. The fraction of sp³-hybridized carbons (Fsp3) is 0.130. The first-order valence-electron chi connectivity index (χ1n) is 9.20. The van der Waals surface area contributed by atoms with E-state index in [0.717, 1.165) is 15.9 Å². The molecular formula is C23H19BrClN3O. The molecular weight excluding hydrogens is 450 g/mol. The number of benzene rings is 3. The minimum absolute atomic E-state index is 0.389. The van der Waals surface area contributed by atoms with E-state index in [2.05, 4.69) is 75.6 Å². The molecule has 0 saturated heterocycles. The number of hydrogen-bond acceptors (Lipinski definition) is 3. The summed E-state index contributed by atoms with van der Waals surface area (Å²) in [7, 11) is 0. The van der Waals surface area contributed by atoms with Gasteiger partial charge in [0.15, 0.2) is 0 Å². The molecule has 146 valence electrons. The second kappa shape index (κ2) is 8.91. The largest absolute Gasteiger partial charge is 0.370 e. The van der Waals surface area contributed by atoms with Gasteiger partial charge in [-0.05, 0) is 63.3 Å². The number of halogens is 2. The van der Waals surface area contributed by atoms with E-state index in [9.17, 15) is 0 Å². The number of aromatic nitrogens is 3. The number of ether oxygens (including phenoxy) is 1. The van der Waals surface area contributed by atoms with Crippen molar-refractivity contribution in [1.29, 1.82) is 0 Å². The van der Waals surface area contributed by atoms with Crippen LogP contribution in [0.3, 0.4) is 0 Å². The number of hydrogen-bond donors (Lipinski definition) is 0. The molecule has 0 saturated carbocycles. The normalized spacial score (nSPS) is 11.0. The molecule has 0 radical (unpaired) electrons. The smallest absolute Gasteiger partial charge is 0.109 e. The Morgan fingerprint density at radius 1 is 1.00 bits per heavy atom. The van der Waals surface area contributed by atoms with Gasteiger partial charge in [-0.15, -0.1) is 5.10 Å². The number of nitrogens with zero attached hydrogens (tertiary/aromatic N) is 3. The van der Waals surface area contributed by atoms with Gasteiger partial charge in [-0.25, -0.2) is 4.68 Å². The van der Waals surface area contributed by atoms with Crippen LogP contribution in [0.15, 0.2) is 77.4 Å². The molecule has 0 fully saturated rings. The summed E-state index contributed by atoms with van der Waals surface area (Å²) in [4.78, 5) is 0. The summed E-state index contributed by atoms with van der Waals surface area (Å²) in [5.41, 5.74) is 6.48. The Morgan fingerprint density at radius 3 is 2.62 bits per heavy atom. The minimum Gasteiger partial charge on any atom is -0.370 e. The summed E-state index contributed by atoms with van der Waals surface area (Å²) in [6, 6.07) is 22.3. The zero-order chi connectivity index (χ0) is 20.2. The lowest BCUT2D eigenvalue weighted by Crippen LogP contribution is -1.98. The van der Waals surface area contributed by atoms with Crippen molar-refractivity contribution >= 4 is 27.5 Å². The Hall–Kier alpha value is -2.47. The summed E-state index contributed by atoms with van der Waals surface area (Å²) in [6.45, 7) is 3.04. The standard InChI is InChI=1S/C23H19BrClN3O/c1-16-18(8-5-9-21(16)17-6-3-2-4-7-17)14-29-15-20-13-28(27-26-20)23-11-10-19(25)12-22(23)24/h2-13H,14-15H2,1H3. The molecule has 3 aromatic carbocycles. The summed E-state index contributed by atoms with van der Waals surface area (Å²) in [6.07, 6.45) is 1.86. The van der Waals surface area contributed by atoms with Crippen LogP contribution >= 0.6 is 27.5 Å². The van der Waals surface area contributed by atoms with Crippen LogP contribution < -0.4 is 0 Å². The third kappa shape index (κ3) is 4.58. The van der Waals surface area contributed by atoms with Gasteiger partial charge in [-0.3, -0.25) is 0 Å². The van der Waals surface area contributed by atoms with Crippen molar-refractivity contribution in [2.24, 2.45) is 0 Å². The molecule has 0 aliphatic rings. The highest BCUT2D eigenvalue weighted by molar-refractivity contribution is 9.10. The first-order chi connectivity index (χ1) is 14.1. The maximum absolute atomic E-state index is 6.00. The Kier molecular flexibility index (Phi) is 6.09. The summed E-state index contributed by atoms with van der Waals surface area (Å²) >= 11 is 9.51. The monoisotopic (exact) mass is 467 g/mol. The molecule has 0 atom stereocenters. The Labute approximate surface area is 183 Å². The molecule has 4 rings (SSSR count). The zero-order valence-corrected chi connectivity index (χ0v) is 18.2. The van der Waals surface area contributed by atoms with Gasteiger partial charge in [-0.2, -0.15) is 0 Å². The van der Waals surface area contributed by atoms with Gasteiger partial charge in [0, 0.05) is 9.50 Å². The third-order valence-corrected chi connectivity index (χ3v) is 5.61. The van der Waals surface area contributed by atoms with E-state index in [1.165, 1.54) is 22.3 Å². The van der Waals surface area contributed by atoms with Crippen LogP contribution in [0.5, 0.6) is 0 Å². The van der Waals surface area contributed by atoms with Gasteiger partial charge >= 0.3 is 0 Å². The highest BCUT2D eigenvalue weighted by Gasteiger charge is 2.09. The van der Waals surface area contributed by atoms with E-state index in [1.807, 2.05) is 30.5 Å². The average molecular weight is 469 g/mol. The highest BCUT2D eigenvalue weighted by atomic mass is 79.9.